The lowest BCUT2D eigenvalue weighted by molar-refractivity contribution is -0.385. The zero-order valence-electron chi connectivity index (χ0n) is 10.7. The number of anilines is 1. The molecule has 0 aliphatic heterocycles. The highest BCUT2D eigenvalue weighted by Crippen LogP contribution is 2.18. The van der Waals surface area contributed by atoms with E-state index in [0.717, 1.165) is 5.82 Å². The highest BCUT2D eigenvalue weighted by atomic mass is 16.6. The number of nitro groups is 1. The second-order valence-corrected chi connectivity index (χ2v) is 4.12. The molecule has 2 aromatic rings. The molecule has 0 unspecified atom stereocenters. The van der Waals surface area contributed by atoms with Crippen LogP contribution in [0.3, 0.4) is 0 Å². The van der Waals surface area contributed by atoms with Crippen LogP contribution in [0.2, 0.25) is 0 Å². The highest BCUT2D eigenvalue weighted by molar-refractivity contribution is 5.46. The van der Waals surface area contributed by atoms with E-state index in [9.17, 15) is 10.1 Å². The van der Waals surface area contributed by atoms with Crippen molar-refractivity contribution >= 4 is 11.5 Å². The molecule has 19 heavy (non-hydrogen) atoms. The van der Waals surface area contributed by atoms with Crippen molar-refractivity contribution in [2.75, 3.05) is 11.9 Å². The van der Waals surface area contributed by atoms with Gasteiger partial charge in [0, 0.05) is 25.6 Å². The molecule has 0 bridgehead atoms. The van der Waals surface area contributed by atoms with Gasteiger partial charge in [0.1, 0.15) is 18.3 Å². The molecule has 0 fully saturated rings. The number of rotatable bonds is 5. The summed E-state index contributed by atoms with van der Waals surface area (Å²) in [5.74, 6) is 1.35. The normalized spacial score (nSPS) is 10.4. The van der Waals surface area contributed by atoms with Gasteiger partial charge in [-0.1, -0.05) is 0 Å². The molecule has 2 heterocycles. The summed E-state index contributed by atoms with van der Waals surface area (Å²) in [5, 5.41) is 17.9. The predicted molar refractivity (Wildman–Crippen MR) is 68.8 cm³/mol. The van der Waals surface area contributed by atoms with Crippen LogP contribution in [-0.2, 0) is 13.5 Å². The molecule has 0 aromatic carbocycles. The zero-order valence-corrected chi connectivity index (χ0v) is 10.7. The lowest BCUT2D eigenvalue weighted by Gasteiger charge is -2.04. The lowest BCUT2D eigenvalue weighted by atomic mass is 10.2. The fourth-order valence-electron chi connectivity index (χ4n) is 1.64. The summed E-state index contributed by atoms with van der Waals surface area (Å²) < 4.78 is 1.64. The van der Waals surface area contributed by atoms with Crippen molar-refractivity contribution in [2.24, 2.45) is 7.05 Å². The van der Waals surface area contributed by atoms with E-state index in [2.05, 4.69) is 20.4 Å². The van der Waals surface area contributed by atoms with Crippen molar-refractivity contribution in [1.82, 2.24) is 19.7 Å². The molecule has 0 aliphatic carbocycles. The van der Waals surface area contributed by atoms with E-state index >= 15 is 0 Å². The first kappa shape index (κ1) is 12.9. The molecule has 8 nitrogen and oxygen atoms in total. The average molecular weight is 262 g/mol. The maximum Gasteiger partial charge on any atom is 0.290 e. The van der Waals surface area contributed by atoms with Crippen LogP contribution in [0, 0.1) is 17.0 Å². The number of aryl methyl sites for hydroxylation is 2. The molecule has 2 aromatic heterocycles. The molecule has 8 heteroatoms. The average Bonchev–Trinajstić information content (AvgIpc) is 2.75. The Hall–Kier alpha value is -2.51. The standard InChI is InChI=1S/C11H14N6O2/c1-8-5-11(13-6-9(8)17(18)19)12-4-3-10-14-7-16(2)15-10/h5-7H,3-4H2,1-2H3,(H,12,13). The second kappa shape index (κ2) is 5.42. The van der Waals surface area contributed by atoms with Crippen LogP contribution in [0.5, 0.6) is 0 Å². The zero-order chi connectivity index (χ0) is 13.8. The summed E-state index contributed by atoms with van der Waals surface area (Å²) in [7, 11) is 1.81. The maximum absolute atomic E-state index is 10.7. The van der Waals surface area contributed by atoms with Crippen LogP contribution in [0.25, 0.3) is 0 Å². The van der Waals surface area contributed by atoms with Crippen LogP contribution in [0.1, 0.15) is 11.4 Å². The van der Waals surface area contributed by atoms with Gasteiger partial charge in [-0.3, -0.25) is 14.8 Å². The number of nitrogens with one attached hydrogen (secondary N) is 1. The fraction of sp³-hybridized carbons (Fsp3) is 0.364. The highest BCUT2D eigenvalue weighted by Gasteiger charge is 2.11. The minimum absolute atomic E-state index is 0.0249. The van der Waals surface area contributed by atoms with Crippen molar-refractivity contribution in [3.8, 4) is 0 Å². The summed E-state index contributed by atoms with van der Waals surface area (Å²) in [6.45, 7) is 2.31. The van der Waals surface area contributed by atoms with E-state index in [4.69, 9.17) is 0 Å². The second-order valence-electron chi connectivity index (χ2n) is 4.12. The van der Waals surface area contributed by atoms with Crippen LogP contribution in [0.4, 0.5) is 11.5 Å². The first-order valence-corrected chi connectivity index (χ1v) is 5.75. The molecule has 0 spiro atoms. The third kappa shape index (κ3) is 3.24. The minimum atomic E-state index is -0.441. The number of hydrogen-bond acceptors (Lipinski definition) is 6. The molecule has 0 atom stereocenters. The third-order valence-electron chi connectivity index (χ3n) is 2.58. The van der Waals surface area contributed by atoms with Gasteiger partial charge in [-0.05, 0) is 13.0 Å². The Morgan fingerprint density at radius 1 is 1.47 bits per heavy atom. The Labute approximate surface area is 109 Å². The molecular formula is C11H14N6O2. The van der Waals surface area contributed by atoms with Crippen molar-refractivity contribution in [1.29, 1.82) is 0 Å². The third-order valence-corrected chi connectivity index (χ3v) is 2.58. The molecule has 0 saturated carbocycles. The minimum Gasteiger partial charge on any atom is -0.370 e. The first-order valence-electron chi connectivity index (χ1n) is 5.75. The SMILES string of the molecule is Cc1cc(NCCc2ncn(C)n2)ncc1[N+](=O)[O-]. The maximum atomic E-state index is 10.7. The molecule has 0 amide bonds. The largest absolute Gasteiger partial charge is 0.370 e. The number of hydrogen-bond donors (Lipinski definition) is 1. The van der Waals surface area contributed by atoms with E-state index in [1.165, 1.54) is 6.20 Å². The quantitative estimate of drug-likeness (QED) is 0.639. The van der Waals surface area contributed by atoms with Crippen LogP contribution in [0.15, 0.2) is 18.6 Å². The van der Waals surface area contributed by atoms with E-state index in [0.29, 0.717) is 24.3 Å². The van der Waals surface area contributed by atoms with Crippen LogP contribution in [-0.4, -0.2) is 31.2 Å². The predicted octanol–water partition coefficient (Wildman–Crippen LogP) is 1.08. The molecular weight excluding hydrogens is 248 g/mol. The fourth-order valence-corrected chi connectivity index (χ4v) is 1.64. The molecule has 1 N–H and O–H groups in total. The summed E-state index contributed by atoms with van der Waals surface area (Å²) >= 11 is 0. The van der Waals surface area contributed by atoms with Gasteiger partial charge >= 0.3 is 0 Å². The van der Waals surface area contributed by atoms with E-state index in [1.54, 1.807) is 24.0 Å². The smallest absolute Gasteiger partial charge is 0.290 e. The van der Waals surface area contributed by atoms with E-state index in [-0.39, 0.29) is 5.69 Å². The van der Waals surface area contributed by atoms with E-state index < -0.39 is 4.92 Å². The van der Waals surface area contributed by atoms with Crippen LogP contribution >= 0.6 is 0 Å². The Balaban J connectivity index is 1.93. The van der Waals surface area contributed by atoms with Gasteiger partial charge in [-0.15, -0.1) is 0 Å². The first-order chi connectivity index (χ1) is 9.06. The van der Waals surface area contributed by atoms with Gasteiger partial charge in [0.2, 0.25) is 0 Å². The Morgan fingerprint density at radius 2 is 2.26 bits per heavy atom. The molecule has 100 valence electrons. The Bertz CT molecular complexity index is 595. The Kier molecular flexibility index (Phi) is 3.69. The van der Waals surface area contributed by atoms with Crippen LogP contribution < -0.4 is 5.32 Å². The number of pyridine rings is 1. The van der Waals surface area contributed by atoms with Gasteiger partial charge < -0.3 is 5.32 Å². The number of nitrogens with zero attached hydrogens (tertiary/aromatic N) is 5. The molecule has 2 rings (SSSR count). The van der Waals surface area contributed by atoms with Crippen molar-refractivity contribution < 1.29 is 4.92 Å². The van der Waals surface area contributed by atoms with Gasteiger partial charge in [0.05, 0.1) is 4.92 Å². The number of aromatic nitrogens is 4. The van der Waals surface area contributed by atoms with Crippen molar-refractivity contribution in [2.45, 2.75) is 13.3 Å². The Morgan fingerprint density at radius 3 is 2.84 bits per heavy atom. The summed E-state index contributed by atoms with van der Waals surface area (Å²) in [6.07, 6.45) is 3.57. The molecule has 0 saturated heterocycles. The monoisotopic (exact) mass is 262 g/mol. The summed E-state index contributed by atoms with van der Waals surface area (Å²) in [4.78, 5) is 18.3. The summed E-state index contributed by atoms with van der Waals surface area (Å²) in [5.41, 5.74) is 0.607. The summed E-state index contributed by atoms with van der Waals surface area (Å²) in [6, 6.07) is 1.66. The molecule has 0 aliphatic rings. The van der Waals surface area contributed by atoms with Gasteiger partial charge in [-0.2, -0.15) is 5.10 Å². The molecule has 0 radical (unpaired) electrons. The van der Waals surface area contributed by atoms with Crippen molar-refractivity contribution in [3.05, 3.63) is 40.1 Å². The lowest BCUT2D eigenvalue weighted by Crippen LogP contribution is -2.08. The topological polar surface area (TPSA) is 98.8 Å². The van der Waals surface area contributed by atoms with Crippen molar-refractivity contribution in [3.63, 3.8) is 0 Å². The van der Waals surface area contributed by atoms with Gasteiger partial charge in [0.25, 0.3) is 5.69 Å². The van der Waals surface area contributed by atoms with Gasteiger partial charge in [0.15, 0.2) is 5.82 Å². The van der Waals surface area contributed by atoms with E-state index in [1.807, 2.05) is 7.05 Å². The van der Waals surface area contributed by atoms with Gasteiger partial charge in [-0.25, -0.2) is 9.97 Å².